The van der Waals surface area contributed by atoms with Crippen molar-refractivity contribution in [1.82, 2.24) is 19.7 Å². The maximum Gasteiger partial charge on any atom is 0.336 e. The summed E-state index contributed by atoms with van der Waals surface area (Å²) in [5, 5.41) is 5.80. The van der Waals surface area contributed by atoms with Crippen LogP contribution in [0.3, 0.4) is 0 Å². The van der Waals surface area contributed by atoms with Gasteiger partial charge in [0.25, 0.3) is 0 Å². The van der Waals surface area contributed by atoms with Crippen molar-refractivity contribution < 1.29 is 23.8 Å². The minimum Gasteiger partial charge on any atom is -0.489 e. The van der Waals surface area contributed by atoms with Gasteiger partial charge >= 0.3 is 11.9 Å². The Balaban J connectivity index is 1.69. The van der Waals surface area contributed by atoms with Gasteiger partial charge in [0.2, 0.25) is 0 Å². The highest BCUT2D eigenvalue weighted by molar-refractivity contribution is 6.30. The highest BCUT2D eigenvalue weighted by atomic mass is 35.5. The fraction of sp³-hybridized carbons (Fsp3) is 0.185. The average Bonchev–Trinajstić information content (AvgIpc) is 3.23. The first-order valence-corrected chi connectivity index (χ1v) is 11.9. The normalized spacial score (nSPS) is 14.9. The first-order chi connectivity index (χ1) is 17.8. The van der Waals surface area contributed by atoms with E-state index in [9.17, 15) is 9.59 Å². The first-order valence-electron chi connectivity index (χ1n) is 11.5. The number of hydrogen-bond donors (Lipinski definition) is 0. The molecule has 0 saturated heterocycles. The number of benzene rings is 2. The smallest absolute Gasteiger partial charge is 0.336 e. The van der Waals surface area contributed by atoms with Crippen LogP contribution in [0.25, 0.3) is 28.0 Å². The van der Waals surface area contributed by atoms with Crippen molar-refractivity contribution in [3.63, 3.8) is 0 Å². The Morgan fingerprint density at radius 1 is 1.05 bits per heavy atom. The van der Waals surface area contributed by atoms with Crippen LogP contribution in [0.2, 0.25) is 5.02 Å². The van der Waals surface area contributed by atoms with Gasteiger partial charge in [-0.05, 0) is 45.3 Å². The Morgan fingerprint density at radius 3 is 2.51 bits per heavy atom. The van der Waals surface area contributed by atoms with Gasteiger partial charge in [-0.15, -0.1) is 0 Å². The fourth-order valence-corrected chi connectivity index (χ4v) is 4.21. The number of carbonyl (C=O) groups is 2. The fourth-order valence-electron chi connectivity index (χ4n) is 4.09. The summed E-state index contributed by atoms with van der Waals surface area (Å²) in [6.45, 7) is 2.75. The van der Waals surface area contributed by atoms with Gasteiger partial charge in [-0.1, -0.05) is 29.8 Å². The summed E-state index contributed by atoms with van der Waals surface area (Å²) >= 11 is 6.11. The van der Waals surface area contributed by atoms with Crippen molar-refractivity contribution in [2.45, 2.75) is 13.0 Å². The molecule has 2 aromatic heterocycles. The number of likely N-dealkylation sites (N-methyl/N-ethyl adjacent to an activating group) is 1. The molecule has 4 aromatic rings. The third-order valence-corrected chi connectivity index (χ3v) is 5.78. The number of hydrogen-bond acceptors (Lipinski definition) is 8. The van der Waals surface area contributed by atoms with E-state index in [2.05, 4.69) is 9.88 Å². The van der Waals surface area contributed by atoms with Crippen molar-refractivity contribution in [3.8, 4) is 34.2 Å². The Morgan fingerprint density at radius 2 is 1.78 bits per heavy atom. The van der Waals surface area contributed by atoms with Crippen LogP contribution < -0.4 is 14.2 Å². The molecule has 0 amide bonds. The van der Waals surface area contributed by atoms with E-state index in [1.807, 2.05) is 45.3 Å². The van der Waals surface area contributed by atoms with Gasteiger partial charge < -0.3 is 19.1 Å². The van der Waals surface area contributed by atoms with Crippen LogP contribution in [0, 0.1) is 0 Å². The molecule has 0 radical (unpaired) electrons. The number of carbonyl (C=O) groups excluding carboxylic acids is 2. The van der Waals surface area contributed by atoms with Crippen LogP contribution >= 0.6 is 11.6 Å². The lowest BCUT2D eigenvalue weighted by atomic mass is 10.1. The summed E-state index contributed by atoms with van der Waals surface area (Å²) in [5.41, 5.74) is 2.25. The average molecular weight is 519 g/mol. The third-order valence-electron chi connectivity index (χ3n) is 5.52. The molecule has 1 unspecified atom stereocenters. The van der Waals surface area contributed by atoms with E-state index in [0.29, 0.717) is 38.8 Å². The van der Waals surface area contributed by atoms with Crippen LogP contribution in [0.4, 0.5) is 0 Å². The zero-order chi connectivity index (χ0) is 26.1. The van der Waals surface area contributed by atoms with Crippen molar-refractivity contribution in [2.24, 2.45) is 0 Å². The number of fused-ring (bicyclic) bond motifs is 3. The molecule has 0 saturated carbocycles. The van der Waals surface area contributed by atoms with Crippen molar-refractivity contribution in [2.75, 3.05) is 20.6 Å². The quantitative estimate of drug-likeness (QED) is 0.345. The monoisotopic (exact) mass is 518 g/mol. The second-order valence-corrected chi connectivity index (χ2v) is 9.22. The molecule has 5 rings (SSSR count). The van der Waals surface area contributed by atoms with Gasteiger partial charge in [-0.25, -0.2) is 19.3 Å². The molecular weight excluding hydrogens is 496 g/mol. The van der Waals surface area contributed by atoms with E-state index in [-0.39, 0.29) is 17.6 Å². The number of nitrogens with zero attached hydrogens (tertiary/aromatic N) is 4. The van der Waals surface area contributed by atoms with Crippen molar-refractivity contribution in [1.29, 1.82) is 0 Å². The van der Waals surface area contributed by atoms with E-state index < -0.39 is 11.9 Å². The van der Waals surface area contributed by atoms with Crippen LogP contribution in [0.5, 0.6) is 17.2 Å². The van der Waals surface area contributed by atoms with E-state index >= 15 is 0 Å². The zero-order valence-electron chi connectivity index (χ0n) is 20.3. The third kappa shape index (κ3) is 5.18. The van der Waals surface area contributed by atoms with Gasteiger partial charge in [0.1, 0.15) is 17.5 Å². The molecule has 1 aliphatic heterocycles. The van der Waals surface area contributed by atoms with Gasteiger partial charge in [-0.3, -0.25) is 0 Å². The maximum absolute atomic E-state index is 12.4. The van der Waals surface area contributed by atoms with Gasteiger partial charge in [-0.2, -0.15) is 5.10 Å². The minimum atomic E-state index is -0.717. The Hall–Kier alpha value is -4.21. The van der Waals surface area contributed by atoms with Crippen LogP contribution in [-0.2, 0) is 9.59 Å². The molecule has 1 atom stereocenters. The molecular formula is C27H23ClN4O5. The second-order valence-electron chi connectivity index (χ2n) is 8.78. The van der Waals surface area contributed by atoms with Crippen molar-refractivity contribution in [3.05, 3.63) is 71.9 Å². The summed E-state index contributed by atoms with van der Waals surface area (Å²) in [6, 6.07) is 14.5. The number of pyridine rings is 1. The number of aromatic nitrogens is 3. The highest BCUT2D eigenvalue weighted by Crippen LogP contribution is 2.42. The Bertz CT molecular complexity index is 1530. The van der Waals surface area contributed by atoms with Crippen LogP contribution in [0.15, 0.2) is 66.9 Å². The lowest BCUT2D eigenvalue weighted by molar-refractivity contribution is -0.133. The van der Waals surface area contributed by atoms with E-state index in [0.717, 1.165) is 18.7 Å². The molecule has 0 bridgehead atoms. The highest BCUT2D eigenvalue weighted by Gasteiger charge is 2.26. The summed E-state index contributed by atoms with van der Waals surface area (Å²) in [5.74, 6) is -0.697. The number of rotatable bonds is 6. The molecule has 9 nitrogen and oxygen atoms in total. The molecule has 37 heavy (non-hydrogen) atoms. The molecule has 3 heterocycles. The lowest BCUT2D eigenvalue weighted by Crippen LogP contribution is -2.27. The molecule has 0 spiro atoms. The van der Waals surface area contributed by atoms with Crippen LogP contribution in [0.1, 0.15) is 6.92 Å². The minimum absolute atomic E-state index is 0.0135. The number of esters is 2. The predicted octanol–water partition coefficient (Wildman–Crippen LogP) is 4.45. The SMILES string of the molecule is CC(CN(C)C)Oc1cccc(-n2nc(-c3ccc(Cl)cc3)c3c4c(cnc32)OC(=O)/C=C/C(=O)O4)c1. The number of halogens is 1. The Kier molecular flexibility index (Phi) is 6.64. The molecule has 0 N–H and O–H groups in total. The lowest BCUT2D eigenvalue weighted by Gasteiger charge is -2.19. The van der Waals surface area contributed by atoms with Crippen molar-refractivity contribution >= 4 is 34.6 Å². The first kappa shape index (κ1) is 24.5. The zero-order valence-corrected chi connectivity index (χ0v) is 21.1. The second kappa shape index (κ2) is 10.0. The molecule has 0 fully saturated rings. The Labute approximate surface area is 217 Å². The maximum atomic E-state index is 12.4. The molecule has 2 aromatic carbocycles. The summed E-state index contributed by atoms with van der Waals surface area (Å²) < 4.78 is 18.7. The molecule has 10 heteroatoms. The van der Waals surface area contributed by atoms with Gasteiger partial charge in [0.05, 0.1) is 17.3 Å². The standard InChI is InChI=1S/C27H23ClN4O5/c1-16(15-31(2)3)35-20-6-4-5-19(13-20)32-27-24(25(30-32)17-7-9-18(28)10-8-17)26-21(14-29-27)36-22(33)11-12-23(34)37-26/h4-14,16H,15H2,1-3H3/b12-11+. The van der Waals surface area contributed by atoms with Gasteiger partial charge in [0.15, 0.2) is 17.1 Å². The summed E-state index contributed by atoms with van der Waals surface area (Å²) in [7, 11) is 3.97. The molecule has 1 aliphatic rings. The van der Waals surface area contributed by atoms with Crippen LogP contribution in [-0.4, -0.2) is 58.3 Å². The van der Waals surface area contributed by atoms with E-state index in [1.54, 1.807) is 28.9 Å². The topological polar surface area (TPSA) is 95.8 Å². The largest absolute Gasteiger partial charge is 0.489 e. The predicted molar refractivity (Wildman–Crippen MR) is 138 cm³/mol. The van der Waals surface area contributed by atoms with E-state index in [1.165, 1.54) is 6.20 Å². The van der Waals surface area contributed by atoms with Gasteiger partial charge in [0, 0.05) is 35.3 Å². The molecule has 0 aliphatic carbocycles. The number of ether oxygens (including phenoxy) is 3. The van der Waals surface area contributed by atoms with E-state index in [4.69, 9.17) is 30.9 Å². The summed E-state index contributed by atoms with van der Waals surface area (Å²) in [6.07, 6.45) is 3.32. The molecule has 188 valence electrons. The summed E-state index contributed by atoms with van der Waals surface area (Å²) in [4.78, 5) is 31.1.